The second-order valence-corrected chi connectivity index (χ2v) is 6.61. The number of carbonyl (C=O) groups excluding carboxylic acids is 1. The summed E-state index contributed by atoms with van der Waals surface area (Å²) >= 11 is 0. The molecule has 0 bridgehead atoms. The fraction of sp³-hybridized carbons (Fsp3) is 0.800. The lowest BCUT2D eigenvalue weighted by atomic mass is 9.90. The Labute approximate surface area is 126 Å². The van der Waals surface area contributed by atoms with Crippen molar-refractivity contribution in [2.45, 2.75) is 65.3 Å². The van der Waals surface area contributed by atoms with Crippen LogP contribution in [0.4, 0.5) is 0 Å². The Morgan fingerprint density at radius 2 is 2.05 bits per heavy atom. The van der Waals surface area contributed by atoms with Crippen LogP contribution in [-0.4, -0.2) is 28.1 Å². The number of aromatic nitrogens is 2. The van der Waals surface area contributed by atoms with E-state index in [1.165, 1.54) is 0 Å². The lowest BCUT2D eigenvalue weighted by molar-refractivity contribution is -0.123. The summed E-state index contributed by atoms with van der Waals surface area (Å²) < 4.78 is 5.13. The molecule has 0 aromatic carbocycles. The lowest BCUT2D eigenvalue weighted by Gasteiger charge is -2.31. The summed E-state index contributed by atoms with van der Waals surface area (Å²) in [5.74, 6) is 1.85. The van der Waals surface area contributed by atoms with Crippen molar-refractivity contribution in [2.75, 3.05) is 6.54 Å². The number of hydrogen-bond acceptors (Lipinski definition) is 5. The van der Waals surface area contributed by atoms with Crippen LogP contribution in [0.2, 0.25) is 0 Å². The first-order chi connectivity index (χ1) is 9.75. The monoisotopic (exact) mass is 296 g/mol. The Kier molecular flexibility index (Phi) is 6.33. The van der Waals surface area contributed by atoms with Gasteiger partial charge in [-0.25, -0.2) is 0 Å². The zero-order valence-corrected chi connectivity index (χ0v) is 13.8. The maximum Gasteiger partial charge on any atom is 0.227 e. The van der Waals surface area contributed by atoms with Crippen molar-refractivity contribution in [3.8, 4) is 0 Å². The third kappa shape index (κ3) is 5.83. The molecule has 21 heavy (non-hydrogen) atoms. The van der Waals surface area contributed by atoms with E-state index in [-0.39, 0.29) is 17.4 Å². The van der Waals surface area contributed by atoms with Gasteiger partial charge in [-0.05, 0) is 19.3 Å². The molecule has 6 nitrogen and oxygen atoms in total. The van der Waals surface area contributed by atoms with E-state index in [0.717, 1.165) is 6.42 Å². The number of aryl methyl sites for hydroxylation is 1. The lowest BCUT2D eigenvalue weighted by Crippen LogP contribution is -2.52. The molecule has 1 unspecified atom stereocenters. The van der Waals surface area contributed by atoms with Crippen molar-refractivity contribution in [1.29, 1.82) is 0 Å². The highest BCUT2D eigenvalue weighted by Crippen LogP contribution is 2.16. The quantitative estimate of drug-likeness (QED) is 0.765. The number of nitrogens with two attached hydrogens (primary N) is 1. The molecular formula is C15H28N4O2. The van der Waals surface area contributed by atoms with Crippen molar-refractivity contribution >= 4 is 5.91 Å². The second-order valence-electron chi connectivity index (χ2n) is 6.61. The molecule has 0 aliphatic rings. The molecule has 1 aromatic heterocycles. The molecule has 0 radical (unpaired) electrons. The first-order valence-corrected chi connectivity index (χ1v) is 7.59. The van der Waals surface area contributed by atoms with Crippen LogP contribution in [-0.2, 0) is 11.2 Å². The van der Waals surface area contributed by atoms with Crippen molar-refractivity contribution in [3.05, 3.63) is 11.7 Å². The third-order valence-corrected chi connectivity index (χ3v) is 3.32. The summed E-state index contributed by atoms with van der Waals surface area (Å²) in [6, 6.07) is 0. The summed E-state index contributed by atoms with van der Waals surface area (Å²) in [6.45, 7) is 10.6. The van der Waals surface area contributed by atoms with Gasteiger partial charge in [0.05, 0.1) is 0 Å². The molecule has 0 saturated carbocycles. The van der Waals surface area contributed by atoms with Gasteiger partial charge in [-0.3, -0.25) is 4.79 Å². The largest absolute Gasteiger partial charge is 0.350 e. The van der Waals surface area contributed by atoms with E-state index in [2.05, 4.69) is 29.3 Å². The van der Waals surface area contributed by atoms with Crippen molar-refractivity contribution in [2.24, 2.45) is 11.7 Å². The number of hydrogen-bond donors (Lipinski definition) is 2. The number of carbonyl (C=O) groups is 1. The molecule has 0 fully saturated rings. The van der Waals surface area contributed by atoms with Gasteiger partial charge in [-0.2, -0.15) is 4.98 Å². The molecule has 0 spiro atoms. The zero-order chi connectivity index (χ0) is 16.0. The summed E-state index contributed by atoms with van der Waals surface area (Å²) in [5, 5.41) is 6.91. The molecular weight excluding hydrogens is 268 g/mol. The molecule has 1 rings (SSSR count). The molecule has 1 heterocycles. The van der Waals surface area contributed by atoms with Crippen LogP contribution in [0.5, 0.6) is 0 Å². The van der Waals surface area contributed by atoms with Crippen LogP contribution in [0.15, 0.2) is 4.52 Å². The fourth-order valence-corrected chi connectivity index (χ4v) is 2.31. The predicted molar refractivity (Wildman–Crippen MR) is 81.8 cm³/mol. The molecule has 1 aromatic rings. The van der Waals surface area contributed by atoms with Gasteiger partial charge in [-0.1, -0.05) is 32.9 Å². The van der Waals surface area contributed by atoms with Gasteiger partial charge < -0.3 is 15.6 Å². The minimum absolute atomic E-state index is 0.0344. The number of amides is 1. The molecule has 1 amide bonds. The Morgan fingerprint density at radius 1 is 1.38 bits per heavy atom. The summed E-state index contributed by atoms with van der Waals surface area (Å²) in [6.07, 6.45) is 1.63. The number of nitrogens with zero attached hydrogens (tertiary/aromatic N) is 2. The summed E-state index contributed by atoms with van der Waals surface area (Å²) in [5.41, 5.74) is 5.43. The highest BCUT2D eigenvalue weighted by atomic mass is 16.5. The van der Waals surface area contributed by atoms with Crippen LogP contribution >= 0.6 is 0 Å². The predicted octanol–water partition coefficient (Wildman–Crippen LogP) is 2.01. The van der Waals surface area contributed by atoms with E-state index in [1.54, 1.807) is 0 Å². The van der Waals surface area contributed by atoms with E-state index in [9.17, 15) is 4.79 Å². The van der Waals surface area contributed by atoms with Crippen LogP contribution in [0.3, 0.4) is 0 Å². The highest BCUT2D eigenvalue weighted by molar-refractivity contribution is 5.76. The Hall–Kier alpha value is -1.43. The van der Waals surface area contributed by atoms with Crippen molar-refractivity contribution in [1.82, 2.24) is 15.5 Å². The Balaban J connectivity index is 2.49. The molecule has 0 aliphatic carbocycles. The maximum absolute atomic E-state index is 12.1. The van der Waals surface area contributed by atoms with Gasteiger partial charge in [0.2, 0.25) is 11.8 Å². The van der Waals surface area contributed by atoms with E-state index in [1.807, 2.05) is 20.8 Å². The van der Waals surface area contributed by atoms with Gasteiger partial charge in [0, 0.05) is 30.8 Å². The zero-order valence-electron chi connectivity index (χ0n) is 13.8. The number of nitrogens with one attached hydrogen (secondary N) is 1. The van der Waals surface area contributed by atoms with E-state index < -0.39 is 0 Å². The number of rotatable bonds is 8. The summed E-state index contributed by atoms with van der Waals surface area (Å²) in [4.78, 5) is 16.3. The van der Waals surface area contributed by atoms with E-state index >= 15 is 0 Å². The van der Waals surface area contributed by atoms with Crippen LogP contribution in [0, 0.1) is 5.92 Å². The fourth-order valence-electron chi connectivity index (χ4n) is 2.31. The third-order valence-electron chi connectivity index (χ3n) is 3.32. The average molecular weight is 296 g/mol. The molecule has 3 N–H and O–H groups in total. The highest BCUT2D eigenvalue weighted by Gasteiger charge is 2.25. The average Bonchev–Trinajstić information content (AvgIpc) is 2.84. The van der Waals surface area contributed by atoms with Crippen molar-refractivity contribution in [3.63, 3.8) is 0 Å². The SMILES string of the molecule is CC(C)CC(C)(CN)NC(=O)CCc1nc(C(C)C)no1. The first kappa shape index (κ1) is 17.6. The normalized spacial score (nSPS) is 14.5. The maximum atomic E-state index is 12.1. The van der Waals surface area contributed by atoms with Gasteiger partial charge >= 0.3 is 0 Å². The Bertz CT molecular complexity index is 456. The molecule has 6 heteroatoms. The van der Waals surface area contributed by atoms with E-state index in [0.29, 0.717) is 37.0 Å². The smallest absolute Gasteiger partial charge is 0.227 e. The molecule has 1 atom stereocenters. The van der Waals surface area contributed by atoms with Gasteiger partial charge in [0.1, 0.15) is 0 Å². The van der Waals surface area contributed by atoms with Gasteiger partial charge in [0.25, 0.3) is 0 Å². The standard InChI is InChI=1S/C15H28N4O2/c1-10(2)8-15(5,9-16)18-12(20)6-7-13-17-14(11(3)4)19-21-13/h10-11H,6-9,16H2,1-5H3,(H,18,20). The topological polar surface area (TPSA) is 94.0 Å². The van der Waals surface area contributed by atoms with Gasteiger partial charge in [-0.15, -0.1) is 0 Å². The van der Waals surface area contributed by atoms with E-state index in [4.69, 9.17) is 10.3 Å². The van der Waals surface area contributed by atoms with Crippen LogP contribution in [0.25, 0.3) is 0 Å². The minimum Gasteiger partial charge on any atom is -0.350 e. The molecule has 120 valence electrons. The Morgan fingerprint density at radius 3 is 2.52 bits per heavy atom. The second kappa shape index (κ2) is 7.54. The van der Waals surface area contributed by atoms with Gasteiger partial charge in [0.15, 0.2) is 5.82 Å². The van der Waals surface area contributed by atoms with Crippen molar-refractivity contribution < 1.29 is 9.32 Å². The van der Waals surface area contributed by atoms with Crippen LogP contribution < -0.4 is 11.1 Å². The molecule has 0 aliphatic heterocycles. The minimum atomic E-state index is -0.358. The molecule has 0 saturated heterocycles. The van der Waals surface area contributed by atoms with Crippen LogP contribution in [0.1, 0.15) is 65.1 Å². The first-order valence-electron chi connectivity index (χ1n) is 7.59. The summed E-state index contributed by atoms with van der Waals surface area (Å²) in [7, 11) is 0.